The molecule has 0 aliphatic rings. The SMILES string of the molecule is O=C(Nc1nc(-c2cccc3ccccc23)cs1)c1cc(C(F)(F)F)nn1-c1ccccc1O. The number of fused-ring (bicyclic) bond motifs is 1. The third-order valence-corrected chi connectivity index (χ3v) is 5.89. The zero-order chi connectivity index (χ0) is 23.9. The number of carbonyl (C=O) groups is 1. The summed E-state index contributed by atoms with van der Waals surface area (Å²) in [6, 6.07) is 19.9. The highest BCUT2D eigenvalue weighted by Gasteiger charge is 2.36. The molecule has 0 saturated carbocycles. The van der Waals surface area contributed by atoms with Gasteiger partial charge >= 0.3 is 6.18 Å². The Morgan fingerprint density at radius 2 is 1.74 bits per heavy atom. The van der Waals surface area contributed by atoms with Crippen LogP contribution in [-0.2, 0) is 6.18 Å². The third kappa shape index (κ3) is 3.99. The van der Waals surface area contributed by atoms with Crippen LogP contribution in [0.3, 0.4) is 0 Å². The summed E-state index contributed by atoms with van der Waals surface area (Å²) in [5.41, 5.74) is -0.207. The number of alkyl halides is 3. The average Bonchev–Trinajstić information content (AvgIpc) is 3.46. The van der Waals surface area contributed by atoms with Crippen molar-refractivity contribution in [2.24, 2.45) is 0 Å². The second kappa shape index (κ2) is 8.31. The van der Waals surface area contributed by atoms with Crippen molar-refractivity contribution in [3.8, 4) is 22.7 Å². The Morgan fingerprint density at radius 3 is 2.53 bits per heavy atom. The van der Waals surface area contributed by atoms with E-state index in [9.17, 15) is 23.1 Å². The van der Waals surface area contributed by atoms with Gasteiger partial charge in [-0.25, -0.2) is 9.67 Å². The Morgan fingerprint density at radius 1 is 1.00 bits per heavy atom. The van der Waals surface area contributed by atoms with Crippen molar-refractivity contribution in [1.82, 2.24) is 14.8 Å². The van der Waals surface area contributed by atoms with Gasteiger partial charge in [0.1, 0.15) is 17.1 Å². The number of hydrogen-bond donors (Lipinski definition) is 2. The van der Waals surface area contributed by atoms with Gasteiger partial charge in [-0.3, -0.25) is 10.1 Å². The number of nitrogens with zero attached hydrogens (tertiary/aromatic N) is 3. The van der Waals surface area contributed by atoms with E-state index in [1.807, 2.05) is 42.5 Å². The molecular weight excluding hydrogens is 465 g/mol. The van der Waals surface area contributed by atoms with Crippen molar-refractivity contribution >= 4 is 33.1 Å². The molecule has 2 N–H and O–H groups in total. The Labute approximate surface area is 194 Å². The molecule has 34 heavy (non-hydrogen) atoms. The highest BCUT2D eigenvalue weighted by atomic mass is 32.1. The molecule has 6 nitrogen and oxygen atoms in total. The van der Waals surface area contributed by atoms with Gasteiger partial charge in [0.25, 0.3) is 5.91 Å². The summed E-state index contributed by atoms with van der Waals surface area (Å²) in [6.45, 7) is 0. The monoisotopic (exact) mass is 480 g/mol. The van der Waals surface area contributed by atoms with Crippen LogP contribution in [0.5, 0.6) is 5.75 Å². The summed E-state index contributed by atoms with van der Waals surface area (Å²) < 4.78 is 40.7. The van der Waals surface area contributed by atoms with Crippen molar-refractivity contribution in [2.75, 3.05) is 5.32 Å². The Bertz CT molecular complexity index is 1520. The van der Waals surface area contributed by atoms with Gasteiger partial charge in [0.15, 0.2) is 10.8 Å². The van der Waals surface area contributed by atoms with E-state index in [0.29, 0.717) is 11.8 Å². The number of para-hydroxylation sites is 2. The molecule has 3 aromatic carbocycles. The summed E-state index contributed by atoms with van der Waals surface area (Å²) in [5.74, 6) is -1.16. The summed E-state index contributed by atoms with van der Waals surface area (Å²) in [6.07, 6.45) is -4.77. The zero-order valence-corrected chi connectivity index (χ0v) is 18.1. The Hall–Kier alpha value is -4.18. The van der Waals surface area contributed by atoms with E-state index in [2.05, 4.69) is 15.4 Å². The van der Waals surface area contributed by atoms with Gasteiger partial charge in [0.05, 0.1) is 5.69 Å². The molecule has 5 aromatic rings. The number of nitrogens with one attached hydrogen (secondary N) is 1. The molecule has 0 unspecified atom stereocenters. The number of amides is 1. The lowest BCUT2D eigenvalue weighted by atomic mass is 10.0. The van der Waals surface area contributed by atoms with E-state index in [-0.39, 0.29) is 16.6 Å². The number of anilines is 1. The topological polar surface area (TPSA) is 80.0 Å². The smallest absolute Gasteiger partial charge is 0.435 e. The summed E-state index contributed by atoms with van der Waals surface area (Å²) in [7, 11) is 0. The molecular formula is C24H15F3N4O2S. The molecule has 1 amide bonds. The van der Waals surface area contributed by atoms with Crippen LogP contribution < -0.4 is 5.32 Å². The fourth-order valence-corrected chi connectivity index (χ4v) is 4.28. The Kier molecular flexibility index (Phi) is 5.29. The first-order valence-electron chi connectivity index (χ1n) is 10.0. The number of phenols is 1. The van der Waals surface area contributed by atoms with E-state index >= 15 is 0 Å². The van der Waals surface area contributed by atoms with Gasteiger partial charge in [-0.2, -0.15) is 18.3 Å². The third-order valence-electron chi connectivity index (χ3n) is 5.13. The summed E-state index contributed by atoms with van der Waals surface area (Å²) in [5, 5.41) is 20.2. The fourth-order valence-electron chi connectivity index (χ4n) is 3.57. The van der Waals surface area contributed by atoms with Gasteiger partial charge in [0.2, 0.25) is 0 Å². The molecule has 0 radical (unpaired) electrons. The quantitative estimate of drug-likeness (QED) is 0.325. The number of carbonyl (C=O) groups excluding carboxylic acids is 1. The van der Waals surface area contributed by atoms with Crippen molar-refractivity contribution in [3.63, 3.8) is 0 Å². The van der Waals surface area contributed by atoms with Crippen LogP contribution >= 0.6 is 11.3 Å². The second-order valence-electron chi connectivity index (χ2n) is 7.33. The molecule has 2 heterocycles. The fraction of sp³-hybridized carbons (Fsp3) is 0.0417. The first kappa shape index (κ1) is 21.7. The maximum Gasteiger partial charge on any atom is 0.435 e. The molecule has 0 bridgehead atoms. The number of hydrogen-bond acceptors (Lipinski definition) is 5. The van der Waals surface area contributed by atoms with Gasteiger partial charge in [-0.15, -0.1) is 11.3 Å². The van der Waals surface area contributed by atoms with Crippen LogP contribution in [0.4, 0.5) is 18.3 Å². The number of aromatic nitrogens is 3. The van der Waals surface area contributed by atoms with Crippen molar-refractivity contribution in [3.05, 3.63) is 89.6 Å². The molecule has 0 spiro atoms. The number of aromatic hydroxyl groups is 1. The van der Waals surface area contributed by atoms with E-state index < -0.39 is 23.5 Å². The van der Waals surface area contributed by atoms with Crippen LogP contribution in [0.2, 0.25) is 0 Å². The second-order valence-corrected chi connectivity index (χ2v) is 8.19. The normalized spacial score (nSPS) is 11.6. The predicted octanol–water partition coefficient (Wildman–Crippen LogP) is 6.13. The van der Waals surface area contributed by atoms with Gasteiger partial charge < -0.3 is 5.11 Å². The number of phenolic OH excluding ortho intramolecular Hbond substituents is 1. The summed E-state index contributed by atoms with van der Waals surface area (Å²) in [4.78, 5) is 17.4. The van der Waals surface area contributed by atoms with Crippen molar-refractivity contribution < 1.29 is 23.1 Å². The number of benzene rings is 3. The van der Waals surface area contributed by atoms with Gasteiger partial charge in [-0.05, 0) is 22.9 Å². The first-order valence-corrected chi connectivity index (χ1v) is 10.9. The van der Waals surface area contributed by atoms with E-state index in [4.69, 9.17) is 0 Å². The number of rotatable bonds is 4. The molecule has 5 rings (SSSR count). The van der Waals surface area contributed by atoms with Crippen LogP contribution in [0.25, 0.3) is 27.7 Å². The maximum atomic E-state index is 13.3. The molecule has 2 aromatic heterocycles. The highest BCUT2D eigenvalue weighted by molar-refractivity contribution is 7.14. The lowest BCUT2D eigenvalue weighted by Crippen LogP contribution is -2.17. The Balaban J connectivity index is 1.49. The molecule has 0 saturated heterocycles. The van der Waals surface area contributed by atoms with E-state index in [1.54, 1.807) is 5.38 Å². The summed E-state index contributed by atoms with van der Waals surface area (Å²) >= 11 is 1.15. The minimum absolute atomic E-state index is 0.0567. The minimum atomic E-state index is -4.77. The molecule has 170 valence electrons. The van der Waals surface area contributed by atoms with Crippen LogP contribution in [0.15, 0.2) is 78.2 Å². The maximum absolute atomic E-state index is 13.3. The van der Waals surface area contributed by atoms with Crippen LogP contribution in [0, 0.1) is 0 Å². The zero-order valence-electron chi connectivity index (χ0n) is 17.2. The van der Waals surface area contributed by atoms with Gasteiger partial charge in [0, 0.05) is 17.0 Å². The standard InChI is InChI=1S/C24H15F3N4O2S/c25-24(26,27)21-12-19(31(30-21)18-10-3-4-11-20(18)32)22(33)29-23-28-17(13-34-23)16-9-5-7-14-6-1-2-8-15(14)16/h1-13,32H,(H,28,29,33). The van der Waals surface area contributed by atoms with E-state index in [0.717, 1.165) is 32.4 Å². The van der Waals surface area contributed by atoms with Crippen LogP contribution in [-0.4, -0.2) is 25.8 Å². The predicted molar refractivity (Wildman–Crippen MR) is 123 cm³/mol. The number of thiazole rings is 1. The lowest BCUT2D eigenvalue weighted by molar-refractivity contribution is -0.141. The van der Waals surface area contributed by atoms with Crippen molar-refractivity contribution in [1.29, 1.82) is 0 Å². The average molecular weight is 480 g/mol. The minimum Gasteiger partial charge on any atom is -0.506 e. The molecule has 0 fully saturated rings. The van der Waals surface area contributed by atoms with Crippen LogP contribution in [0.1, 0.15) is 16.2 Å². The highest BCUT2D eigenvalue weighted by Crippen LogP contribution is 2.33. The molecule has 0 atom stereocenters. The molecule has 10 heteroatoms. The van der Waals surface area contributed by atoms with Gasteiger partial charge in [-0.1, -0.05) is 54.6 Å². The van der Waals surface area contributed by atoms with Crippen molar-refractivity contribution in [2.45, 2.75) is 6.18 Å². The van der Waals surface area contributed by atoms with E-state index in [1.165, 1.54) is 24.3 Å². The lowest BCUT2D eigenvalue weighted by Gasteiger charge is -2.08. The largest absolute Gasteiger partial charge is 0.506 e. The molecule has 0 aliphatic carbocycles. The first-order chi connectivity index (χ1) is 16.3. The molecule has 0 aliphatic heterocycles. The number of halogens is 3.